The van der Waals surface area contributed by atoms with Gasteiger partial charge in [-0.15, -0.1) is 11.3 Å². The van der Waals surface area contributed by atoms with Gasteiger partial charge in [0.25, 0.3) is 0 Å². The molecule has 0 fully saturated rings. The van der Waals surface area contributed by atoms with Crippen LogP contribution in [0, 0.1) is 0 Å². The molecule has 172 valence electrons. The summed E-state index contributed by atoms with van der Waals surface area (Å²) in [6.45, 7) is 2.24. The zero-order valence-corrected chi connectivity index (χ0v) is 20.3. The van der Waals surface area contributed by atoms with Crippen LogP contribution in [-0.2, 0) is 0 Å². The highest BCUT2D eigenvalue weighted by molar-refractivity contribution is 7.14. The molecule has 6 nitrogen and oxygen atoms in total. The molecule has 0 saturated carbocycles. The van der Waals surface area contributed by atoms with Crippen molar-refractivity contribution in [3.63, 3.8) is 0 Å². The fourth-order valence-electron chi connectivity index (χ4n) is 3.00. The Kier molecular flexibility index (Phi) is 7.80. The van der Waals surface area contributed by atoms with Gasteiger partial charge in [0, 0.05) is 16.0 Å². The first-order chi connectivity index (χ1) is 16.5. The van der Waals surface area contributed by atoms with Crippen molar-refractivity contribution < 1.29 is 14.3 Å². The van der Waals surface area contributed by atoms with Crippen molar-refractivity contribution in [2.45, 2.75) is 6.92 Å². The number of esters is 1. The number of anilines is 1. The van der Waals surface area contributed by atoms with Crippen molar-refractivity contribution in [1.29, 1.82) is 0 Å². The van der Waals surface area contributed by atoms with Gasteiger partial charge in [-0.05, 0) is 48.9 Å². The van der Waals surface area contributed by atoms with Crippen LogP contribution in [0.1, 0.15) is 22.8 Å². The third kappa shape index (κ3) is 5.94. The van der Waals surface area contributed by atoms with Crippen LogP contribution in [0.4, 0.5) is 5.13 Å². The van der Waals surface area contributed by atoms with Crippen LogP contribution in [0.15, 0.2) is 77.2 Å². The molecule has 0 bridgehead atoms. The second kappa shape index (κ2) is 11.2. The molecule has 0 aliphatic rings. The maximum atomic E-state index is 12.6. The Morgan fingerprint density at radius 1 is 1.09 bits per heavy atom. The van der Waals surface area contributed by atoms with E-state index in [9.17, 15) is 4.79 Å². The molecule has 0 radical (unpaired) electrons. The fourth-order valence-corrected chi connectivity index (χ4v) is 4.15. The lowest BCUT2D eigenvalue weighted by molar-refractivity contribution is 0.0728. The smallest absolute Gasteiger partial charge is 0.345 e. The van der Waals surface area contributed by atoms with Crippen molar-refractivity contribution in [3.8, 4) is 22.8 Å². The van der Waals surface area contributed by atoms with Crippen molar-refractivity contribution in [3.05, 3.63) is 93.3 Å². The van der Waals surface area contributed by atoms with E-state index in [2.05, 4.69) is 15.5 Å². The van der Waals surface area contributed by atoms with Gasteiger partial charge in [0.15, 0.2) is 11.5 Å². The molecule has 0 saturated heterocycles. The number of nitrogens with zero attached hydrogens (tertiary/aromatic N) is 2. The van der Waals surface area contributed by atoms with Crippen LogP contribution in [0.5, 0.6) is 11.5 Å². The van der Waals surface area contributed by atoms with E-state index < -0.39 is 5.97 Å². The number of aromatic nitrogens is 1. The summed E-state index contributed by atoms with van der Waals surface area (Å²) in [5.41, 5.74) is 5.83. The predicted octanol–water partition coefficient (Wildman–Crippen LogP) is 7.18. The molecule has 1 N–H and O–H groups in total. The van der Waals surface area contributed by atoms with E-state index in [0.717, 1.165) is 16.8 Å². The van der Waals surface area contributed by atoms with Crippen LogP contribution < -0.4 is 14.9 Å². The Morgan fingerprint density at radius 2 is 1.91 bits per heavy atom. The monoisotopic (exact) mass is 511 g/mol. The van der Waals surface area contributed by atoms with E-state index in [-0.39, 0.29) is 16.3 Å². The van der Waals surface area contributed by atoms with Crippen LogP contribution in [0.25, 0.3) is 11.3 Å². The summed E-state index contributed by atoms with van der Waals surface area (Å²) in [7, 11) is 0. The van der Waals surface area contributed by atoms with Gasteiger partial charge in [0.2, 0.25) is 5.13 Å². The van der Waals surface area contributed by atoms with Crippen LogP contribution >= 0.6 is 34.5 Å². The summed E-state index contributed by atoms with van der Waals surface area (Å²) in [5, 5.41) is 7.54. The standard InChI is InChI=1S/C25H19Cl2N3O3S/c1-2-32-23-12-16(8-11-22(23)33-24(31)19-10-9-18(26)13-20(19)27)14-28-30-25-29-21(15-34-25)17-6-4-3-5-7-17/h3-15H,2H2,1H3,(H,29,30). The van der Waals surface area contributed by atoms with E-state index in [1.54, 1.807) is 30.5 Å². The molecule has 34 heavy (non-hydrogen) atoms. The molecule has 0 unspecified atom stereocenters. The number of hydrazone groups is 1. The second-order valence-corrected chi connectivity index (χ2v) is 8.63. The lowest BCUT2D eigenvalue weighted by Gasteiger charge is -2.12. The molecule has 0 aliphatic carbocycles. The number of thiazole rings is 1. The van der Waals surface area contributed by atoms with E-state index in [1.165, 1.54) is 23.5 Å². The minimum absolute atomic E-state index is 0.210. The number of halogens is 2. The zero-order valence-electron chi connectivity index (χ0n) is 18.0. The van der Waals surface area contributed by atoms with Gasteiger partial charge in [0.1, 0.15) is 0 Å². The molecular formula is C25H19Cl2N3O3S. The summed E-state index contributed by atoms with van der Waals surface area (Å²) >= 11 is 13.5. The molecule has 0 spiro atoms. The second-order valence-electron chi connectivity index (χ2n) is 6.93. The van der Waals surface area contributed by atoms with Crippen LogP contribution in [-0.4, -0.2) is 23.8 Å². The molecular weight excluding hydrogens is 493 g/mol. The van der Waals surface area contributed by atoms with Gasteiger partial charge in [-0.3, -0.25) is 5.43 Å². The SMILES string of the molecule is CCOc1cc(C=NNc2nc(-c3ccccc3)cs2)ccc1OC(=O)c1ccc(Cl)cc1Cl. The Balaban J connectivity index is 1.45. The Hall–Kier alpha value is -3.39. The summed E-state index contributed by atoms with van der Waals surface area (Å²) < 4.78 is 11.2. The maximum Gasteiger partial charge on any atom is 0.345 e. The summed E-state index contributed by atoms with van der Waals surface area (Å²) in [6.07, 6.45) is 1.63. The Bertz CT molecular complexity index is 1330. The van der Waals surface area contributed by atoms with Crippen LogP contribution in [0.3, 0.4) is 0 Å². The first-order valence-electron chi connectivity index (χ1n) is 10.3. The Morgan fingerprint density at radius 3 is 2.68 bits per heavy atom. The van der Waals surface area contributed by atoms with Gasteiger partial charge in [-0.1, -0.05) is 53.5 Å². The summed E-state index contributed by atoms with van der Waals surface area (Å²) in [5.74, 6) is 0.0737. The summed E-state index contributed by atoms with van der Waals surface area (Å²) in [4.78, 5) is 17.1. The average Bonchev–Trinajstić information content (AvgIpc) is 3.30. The number of rotatable bonds is 8. The number of hydrogen-bond donors (Lipinski definition) is 1. The number of nitrogens with one attached hydrogen (secondary N) is 1. The minimum Gasteiger partial charge on any atom is -0.490 e. The molecule has 1 heterocycles. The topological polar surface area (TPSA) is 72.8 Å². The van der Waals surface area contributed by atoms with E-state index >= 15 is 0 Å². The highest BCUT2D eigenvalue weighted by atomic mass is 35.5. The predicted molar refractivity (Wildman–Crippen MR) is 138 cm³/mol. The molecule has 3 aromatic carbocycles. The fraction of sp³-hybridized carbons (Fsp3) is 0.0800. The molecule has 4 rings (SSSR count). The molecule has 4 aromatic rings. The molecule has 0 aliphatic heterocycles. The highest BCUT2D eigenvalue weighted by Gasteiger charge is 2.16. The van der Waals surface area contributed by atoms with E-state index in [1.807, 2.05) is 42.6 Å². The number of hydrogen-bond acceptors (Lipinski definition) is 7. The third-order valence-corrected chi connectivity index (χ3v) is 5.86. The lowest BCUT2D eigenvalue weighted by Crippen LogP contribution is -2.10. The normalized spacial score (nSPS) is 10.9. The third-order valence-electron chi connectivity index (χ3n) is 4.57. The Labute approximate surface area is 210 Å². The van der Waals surface area contributed by atoms with Gasteiger partial charge >= 0.3 is 5.97 Å². The van der Waals surface area contributed by atoms with Crippen molar-refractivity contribution in [1.82, 2.24) is 4.98 Å². The average molecular weight is 512 g/mol. The van der Waals surface area contributed by atoms with Gasteiger partial charge in [-0.25, -0.2) is 9.78 Å². The number of carbonyl (C=O) groups excluding carboxylic acids is 1. The lowest BCUT2D eigenvalue weighted by atomic mass is 10.2. The van der Waals surface area contributed by atoms with Gasteiger partial charge in [-0.2, -0.15) is 5.10 Å². The summed E-state index contributed by atoms with van der Waals surface area (Å²) in [6, 6.07) is 19.6. The van der Waals surface area contributed by atoms with Gasteiger partial charge < -0.3 is 9.47 Å². The zero-order chi connectivity index (χ0) is 23.9. The molecule has 0 amide bonds. The van der Waals surface area contributed by atoms with Gasteiger partial charge in [0.05, 0.1) is 29.1 Å². The van der Waals surface area contributed by atoms with Crippen LogP contribution in [0.2, 0.25) is 10.0 Å². The van der Waals surface area contributed by atoms with E-state index in [0.29, 0.717) is 22.5 Å². The quantitative estimate of drug-likeness (QED) is 0.117. The highest BCUT2D eigenvalue weighted by Crippen LogP contribution is 2.30. The first kappa shape index (κ1) is 23.8. The minimum atomic E-state index is -0.608. The van der Waals surface area contributed by atoms with Crippen molar-refractivity contribution >= 4 is 51.9 Å². The number of carbonyl (C=O) groups is 1. The maximum absolute atomic E-state index is 12.6. The van der Waals surface area contributed by atoms with E-state index in [4.69, 9.17) is 32.7 Å². The molecule has 9 heteroatoms. The van der Waals surface area contributed by atoms with Crippen molar-refractivity contribution in [2.24, 2.45) is 5.10 Å². The number of ether oxygens (including phenoxy) is 2. The van der Waals surface area contributed by atoms with Crippen molar-refractivity contribution in [2.75, 3.05) is 12.0 Å². The molecule has 0 atom stereocenters. The number of benzene rings is 3. The molecule has 1 aromatic heterocycles. The first-order valence-corrected chi connectivity index (χ1v) is 11.9. The largest absolute Gasteiger partial charge is 0.490 e.